The van der Waals surface area contributed by atoms with Gasteiger partial charge in [-0.25, -0.2) is 8.42 Å². The van der Waals surface area contributed by atoms with E-state index in [1.807, 2.05) is 50.4 Å². The predicted octanol–water partition coefficient (Wildman–Crippen LogP) is 3.43. The number of anilines is 2. The van der Waals surface area contributed by atoms with Crippen molar-refractivity contribution in [2.45, 2.75) is 18.7 Å². The largest absolute Gasteiger partial charge is 0.323 e. The molecule has 1 N–H and O–H groups in total. The maximum atomic E-state index is 12.5. The average molecular weight is 379 g/mol. The van der Waals surface area contributed by atoms with E-state index in [-0.39, 0.29) is 12.5 Å². The zero-order chi connectivity index (χ0) is 18.6. The van der Waals surface area contributed by atoms with E-state index in [1.165, 1.54) is 11.8 Å². The van der Waals surface area contributed by atoms with Gasteiger partial charge in [-0.2, -0.15) is 0 Å². The second-order valence-corrected chi connectivity index (χ2v) is 8.56. The van der Waals surface area contributed by atoms with E-state index < -0.39 is 10.0 Å². The Hall–Kier alpha value is -1.99. The number of rotatable bonds is 6. The van der Waals surface area contributed by atoms with Crippen LogP contribution in [0.1, 0.15) is 11.1 Å². The smallest absolute Gasteiger partial charge is 0.245 e. The fourth-order valence-electron chi connectivity index (χ4n) is 2.53. The number of carbonyl (C=O) groups is 1. The number of benzene rings is 2. The van der Waals surface area contributed by atoms with Crippen LogP contribution in [-0.4, -0.2) is 33.4 Å². The van der Waals surface area contributed by atoms with Gasteiger partial charge in [0.25, 0.3) is 0 Å². The summed E-state index contributed by atoms with van der Waals surface area (Å²) in [6, 6.07) is 12.9. The van der Waals surface area contributed by atoms with Crippen LogP contribution in [0.5, 0.6) is 0 Å². The van der Waals surface area contributed by atoms with E-state index in [0.29, 0.717) is 11.4 Å². The Morgan fingerprint density at radius 2 is 1.84 bits per heavy atom. The van der Waals surface area contributed by atoms with Crippen LogP contribution in [0.3, 0.4) is 0 Å². The first kappa shape index (κ1) is 19.3. The first-order valence-electron chi connectivity index (χ1n) is 7.70. The Morgan fingerprint density at radius 3 is 2.44 bits per heavy atom. The fourth-order valence-corrected chi connectivity index (χ4v) is 4.00. The molecule has 134 valence electrons. The minimum Gasteiger partial charge on any atom is -0.323 e. The number of nitrogens with one attached hydrogen (secondary N) is 1. The quantitative estimate of drug-likeness (QED) is 0.782. The second-order valence-electron chi connectivity index (χ2n) is 5.81. The van der Waals surface area contributed by atoms with Crippen LogP contribution in [0.25, 0.3) is 0 Å². The number of hydrogen-bond donors (Lipinski definition) is 1. The summed E-state index contributed by atoms with van der Waals surface area (Å²) in [6.45, 7) is 3.50. The summed E-state index contributed by atoms with van der Waals surface area (Å²) < 4.78 is 25.6. The van der Waals surface area contributed by atoms with Crippen LogP contribution >= 0.6 is 11.8 Å². The van der Waals surface area contributed by atoms with Gasteiger partial charge in [0.05, 0.1) is 17.6 Å². The summed E-state index contributed by atoms with van der Waals surface area (Å²) in [4.78, 5) is 13.4. The van der Waals surface area contributed by atoms with Crippen molar-refractivity contribution in [3.8, 4) is 0 Å². The van der Waals surface area contributed by atoms with Crippen molar-refractivity contribution in [1.82, 2.24) is 0 Å². The Kier molecular flexibility index (Phi) is 6.13. The molecule has 25 heavy (non-hydrogen) atoms. The van der Waals surface area contributed by atoms with Crippen molar-refractivity contribution >= 4 is 39.1 Å². The first-order chi connectivity index (χ1) is 11.7. The van der Waals surface area contributed by atoms with Gasteiger partial charge in [0.15, 0.2) is 0 Å². The number of nitrogens with zero attached hydrogens (tertiary/aromatic N) is 1. The number of amides is 1. The maximum Gasteiger partial charge on any atom is 0.245 e. The van der Waals surface area contributed by atoms with Crippen LogP contribution in [0.4, 0.5) is 11.4 Å². The van der Waals surface area contributed by atoms with Gasteiger partial charge in [-0.05, 0) is 43.9 Å². The van der Waals surface area contributed by atoms with Crippen LogP contribution in [0, 0.1) is 13.8 Å². The lowest BCUT2D eigenvalue weighted by molar-refractivity contribution is -0.114. The molecule has 2 aromatic rings. The zero-order valence-corrected chi connectivity index (χ0v) is 16.4. The number of sulfonamides is 1. The monoisotopic (exact) mass is 378 g/mol. The minimum absolute atomic E-state index is 0.272. The SMILES string of the molecule is CSc1ccccc1NC(=O)CN(c1ccc(C)cc1C)S(C)(=O)=O. The van der Waals surface area contributed by atoms with Crippen molar-refractivity contribution in [3.63, 3.8) is 0 Å². The number of para-hydroxylation sites is 1. The maximum absolute atomic E-state index is 12.5. The second kappa shape index (κ2) is 7.93. The van der Waals surface area contributed by atoms with Crippen molar-refractivity contribution in [2.75, 3.05) is 28.7 Å². The van der Waals surface area contributed by atoms with Gasteiger partial charge in [0.1, 0.15) is 6.54 Å². The van der Waals surface area contributed by atoms with Crippen molar-refractivity contribution in [3.05, 3.63) is 53.6 Å². The standard InChI is InChI=1S/C18H22N2O3S2/c1-13-9-10-16(14(2)11-13)20(25(4,22)23)12-18(21)19-15-7-5-6-8-17(15)24-3/h5-11H,12H2,1-4H3,(H,19,21). The number of carbonyl (C=O) groups excluding carboxylic acids is 1. The molecule has 0 saturated carbocycles. The zero-order valence-electron chi connectivity index (χ0n) is 14.7. The van der Waals surface area contributed by atoms with Crippen molar-refractivity contribution in [2.24, 2.45) is 0 Å². The van der Waals surface area contributed by atoms with Gasteiger partial charge in [-0.3, -0.25) is 9.10 Å². The third-order valence-electron chi connectivity index (χ3n) is 3.69. The predicted molar refractivity (Wildman–Crippen MR) is 105 cm³/mol. The molecule has 0 heterocycles. The summed E-state index contributed by atoms with van der Waals surface area (Å²) in [5.41, 5.74) is 3.03. The highest BCUT2D eigenvalue weighted by molar-refractivity contribution is 7.98. The summed E-state index contributed by atoms with van der Waals surface area (Å²) >= 11 is 1.52. The van der Waals surface area contributed by atoms with E-state index in [2.05, 4.69) is 5.32 Å². The lowest BCUT2D eigenvalue weighted by atomic mass is 10.1. The molecule has 7 heteroatoms. The topological polar surface area (TPSA) is 66.5 Å². The van der Waals surface area contributed by atoms with Crippen LogP contribution in [0.2, 0.25) is 0 Å². The van der Waals surface area contributed by atoms with Crippen molar-refractivity contribution in [1.29, 1.82) is 0 Å². The Balaban J connectivity index is 2.27. The van der Waals surface area contributed by atoms with E-state index >= 15 is 0 Å². The molecule has 0 aliphatic carbocycles. The molecular weight excluding hydrogens is 356 g/mol. The number of aryl methyl sites for hydroxylation is 2. The Morgan fingerprint density at radius 1 is 1.16 bits per heavy atom. The molecule has 0 fully saturated rings. The van der Waals surface area contributed by atoms with Crippen molar-refractivity contribution < 1.29 is 13.2 Å². The normalized spacial score (nSPS) is 11.2. The molecule has 0 bridgehead atoms. The third kappa shape index (κ3) is 4.99. The van der Waals surface area contributed by atoms with Crippen LogP contribution < -0.4 is 9.62 Å². The molecule has 5 nitrogen and oxygen atoms in total. The number of thioether (sulfide) groups is 1. The van der Waals surface area contributed by atoms with E-state index in [4.69, 9.17) is 0 Å². The summed E-state index contributed by atoms with van der Waals surface area (Å²) in [5, 5.41) is 2.80. The summed E-state index contributed by atoms with van der Waals surface area (Å²) in [6.07, 6.45) is 3.03. The molecule has 2 rings (SSSR count). The highest BCUT2D eigenvalue weighted by Gasteiger charge is 2.22. The number of hydrogen-bond acceptors (Lipinski definition) is 4. The summed E-state index contributed by atoms with van der Waals surface area (Å²) in [5.74, 6) is -0.383. The van der Waals surface area contributed by atoms with Gasteiger partial charge in [0, 0.05) is 4.90 Å². The lowest BCUT2D eigenvalue weighted by Gasteiger charge is -2.24. The Labute approximate surface area is 153 Å². The highest BCUT2D eigenvalue weighted by atomic mass is 32.2. The molecule has 0 saturated heterocycles. The third-order valence-corrected chi connectivity index (χ3v) is 5.61. The highest BCUT2D eigenvalue weighted by Crippen LogP contribution is 2.26. The molecule has 0 atom stereocenters. The first-order valence-corrected chi connectivity index (χ1v) is 10.8. The molecule has 0 aromatic heterocycles. The van der Waals surface area contributed by atoms with E-state index in [1.54, 1.807) is 12.1 Å². The molecular formula is C18H22N2O3S2. The fraction of sp³-hybridized carbons (Fsp3) is 0.278. The minimum atomic E-state index is -3.59. The van der Waals surface area contributed by atoms with Crippen LogP contribution in [-0.2, 0) is 14.8 Å². The Bertz CT molecular complexity index is 880. The molecule has 0 spiro atoms. The molecule has 0 unspecified atom stereocenters. The van der Waals surface area contributed by atoms with Gasteiger partial charge in [-0.15, -0.1) is 11.8 Å². The molecule has 0 radical (unpaired) electrons. The van der Waals surface area contributed by atoms with E-state index in [9.17, 15) is 13.2 Å². The molecule has 2 aromatic carbocycles. The van der Waals surface area contributed by atoms with Crippen LogP contribution in [0.15, 0.2) is 47.4 Å². The summed E-state index contributed by atoms with van der Waals surface area (Å²) in [7, 11) is -3.59. The molecule has 1 amide bonds. The molecule has 0 aliphatic rings. The molecule has 0 aliphatic heterocycles. The lowest BCUT2D eigenvalue weighted by Crippen LogP contribution is -2.38. The van der Waals surface area contributed by atoms with Gasteiger partial charge < -0.3 is 5.32 Å². The van der Waals surface area contributed by atoms with E-state index in [0.717, 1.165) is 26.6 Å². The van der Waals surface area contributed by atoms with Gasteiger partial charge >= 0.3 is 0 Å². The average Bonchev–Trinajstić information content (AvgIpc) is 2.53. The van der Waals surface area contributed by atoms with Gasteiger partial charge in [-0.1, -0.05) is 29.8 Å². The van der Waals surface area contributed by atoms with Gasteiger partial charge in [0.2, 0.25) is 15.9 Å².